The van der Waals surface area contributed by atoms with E-state index in [0.717, 1.165) is 51.4 Å². The number of aryl methyl sites for hydroxylation is 1. The molecule has 9 nitrogen and oxygen atoms in total. The van der Waals surface area contributed by atoms with Gasteiger partial charge in [-0.05, 0) is 42.8 Å². The van der Waals surface area contributed by atoms with E-state index in [1.165, 1.54) is 17.7 Å². The third kappa shape index (κ3) is 3.66. The summed E-state index contributed by atoms with van der Waals surface area (Å²) in [4.78, 5) is 27.7. The Morgan fingerprint density at radius 3 is 2.67 bits per heavy atom. The molecule has 168 valence electrons. The number of hydrogen-bond donors (Lipinski definition) is 0. The van der Waals surface area contributed by atoms with Crippen LogP contribution in [0.4, 0.5) is 5.82 Å². The Morgan fingerprint density at radius 1 is 1.00 bits per heavy atom. The van der Waals surface area contributed by atoms with Crippen molar-refractivity contribution in [3.63, 3.8) is 0 Å². The number of carbonyl (C=O) groups is 1. The van der Waals surface area contributed by atoms with Crippen LogP contribution in [0.5, 0.6) is 11.5 Å². The summed E-state index contributed by atoms with van der Waals surface area (Å²) in [6.45, 7) is 5.82. The van der Waals surface area contributed by atoms with E-state index in [4.69, 9.17) is 9.47 Å². The number of fused-ring (bicyclic) bond motifs is 2. The lowest BCUT2D eigenvalue weighted by Gasteiger charge is -2.35. The minimum absolute atomic E-state index is 0.0697. The summed E-state index contributed by atoms with van der Waals surface area (Å²) in [6, 6.07) is 11.8. The molecule has 0 saturated carbocycles. The van der Waals surface area contributed by atoms with E-state index >= 15 is 0 Å². The van der Waals surface area contributed by atoms with E-state index in [0.29, 0.717) is 32.1 Å². The summed E-state index contributed by atoms with van der Waals surface area (Å²) in [5, 5.41) is 4.30. The van der Waals surface area contributed by atoms with Crippen LogP contribution >= 0.6 is 11.3 Å². The molecule has 2 aliphatic heterocycles. The fourth-order valence-corrected chi connectivity index (χ4v) is 5.21. The lowest BCUT2D eigenvalue weighted by atomic mass is 10.1. The van der Waals surface area contributed by atoms with Gasteiger partial charge < -0.3 is 19.3 Å². The van der Waals surface area contributed by atoms with Crippen molar-refractivity contribution in [2.75, 3.05) is 44.3 Å². The predicted molar refractivity (Wildman–Crippen MR) is 124 cm³/mol. The molecule has 1 saturated heterocycles. The highest BCUT2D eigenvalue weighted by Gasteiger charge is 2.25. The number of benzene rings is 1. The summed E-state index contributed by atoms with van der Waals surface area (Å²) < 4.78 is 13.1. The monoisotopic (exact) mass is 462 g/mol. The Balaban J connectivity index is 1.16. The number of aromatic nitrogens is 4. The molecular weight excluding hydrogens is 440 g/mol. The zero-order chi connectivity index (χ0) is 22.4. The first-order valence-electron chi connectivity index (χ1n) is 10.9. The molecule has 4 aromatic rings. The van der Waals surface area contributed by atoms with Crippen molar-refractivity contribution in [1.29, 1.82) is 0 Å². The number of hydrogen-bond acceptors (Lipinski definition) is 8. The molecular formula is C23H22N6O3S. The first kappa shape index (κ1) is 20.0. The van der Waals surface area contributed by atoms with Crippen molar-refractivity contribution in [3.05, 3.63) is 53.3 Å². The Kier molecular flexibility index (Phi) is 4.87. The maximum atomic E-state index is 13.2. The third-order valence-corrected chi connectivity index (χ3v) is 7.02. The molecule has 10 heteroatoms. The topological polar surface area (TPSA) is 85.1 Å². The number of amides is 1. The molecule has 0 bridgehead atoms. The van der Waals surface area contributed by atoms with Crippen molar-refractivity contribution < 1.29 is 14.3 Å². The molecule has 5 heterocycles. The average Bonchev–Trinajstić information content (AvgIpc) is 3.53. The third-order valence-electron chi connectivity index (χ3n) is 5.90. The molecule has 33 heavy (non-hydrogen) atoms. The van der Waals surface area contributed by atoms with E-state index in [1.807, 2.05) is 48.2 Å². The normalized spacial score (nSPS) is 15.8. The molecule has 0 N–H and O–H groups in total. The lowest BCUT2D eigenvalue weighted by molar-refractivity contribution is 0.0751. The highest BCUT2D eigenvalue weighted by molar-refractivity contribution is 7.17. The van der Waals surface area contributed by atoms with Crippen LogP contribution in [0.3, 0.4) is 0 Å². The molecule has 0 radical (unpaired) electrons. The molecule has 1 aromatic carbocycles. The Bertz CT molecular complexity index is 1340. The number of anilines is 1. The van der Waals surface area contributed by atoms with Crippen LogP contribution in [0.2, 0.25) is 0 Å². The highest BCUT2D eigenvalue weighted by Crippen LogP contribution is 2.37. The predicted octanol–water partition coefficient (Wildman–Crippen LogP) is 2.89. The standard InChI is InChI=1S/C23H22N6O3S/c1-15-12-21(29-23(26-15)24-14-25-29)27-6-8-28(9-7-27)22(30)20-5-4-19(33-20)16-2-3-17-18(13-16)32-11-10-31-17/h2-5,12-14H,6-11H2,1H3. The van der Waals surface area contributed by atoms with E-state index in [-0.39, 0.29) is 5.91 Å². The largest absolute Gasteiger partial charge is 0.486 e. The number of nitrogens with zero attached hydrogens (tertiary/aromatic N) is 6. The Hall–Kier alpha value is -3.66. The SMILES string of the molecule is Cc1cc(N2CCN(C(=O)c3ccc(-c4ccc5c(c4)OCCO5)s3)CC2)n2ncnc2n1. The van der Waals surface area contributed by atoms with Crippen LogP contribution in [0, 0.1) is 6.92 Å². The smallest absolute Gasteiger partial charge is 0.264 e. The van der Waals surface area contributed by atoms with Crippen molar-refractivity contribution >= 4 is 28.8 Å². The van der Waals surface area contributed by atoms with Crippen LogP contribution in [0.1, 0.15) is 15.4 Å². The second-order valence-corrected chi connectivity index (χ2v) is 9.11. The van der Waals surface area contributed by atoms with Crippen LogP contribution in [-0.2, 0) is 0 Å². The van der Waals surface area contributed by atoms with Gasteiger partial charge in [-0.2, -0.15) is 14.6 Å². The number of rotatable bonds is 3. The minimum atomic E-state index is 0.0697. The summed E-state index contributed by atoms with van der Waals surface area (Å²) in [5.41, 5.74) is 1.92. The van der Waals surface area contributed by atoms with Crippen LogP contribution in [0.15, 0.2) is 42.7 Å². The lowest BCUT2D eigenvalue weighted by Crippen LogP contribution is -2.49. The summed E-state index contributed by atoms with van der Waals surface area (Å²) >= 11 is 1.51. The van der Waals surface area contributed by atoms with Crippen molar-refractivity contribution in [2.45, 2.75) is 6.92 Å². The molecule has 1 amide bonds. The second-order valence-electron chi connectivity index (χ2n) is 8.03. The van der Waals surface area contributed by atoms with Crippen molar-refractivity contribution in [3.8, 4) is 21.9 Å². The van der Waals surface area contributed by atoms with Gasteiger partial charge in [-0.15, -0.1) is 11.3 Å². The van der Waals surface area contributed by atoms with E-state index < -0.39 is 0 Å². The van der Waals surface area contributed by atoms with E-state index in [1.54, 1.807) is 4.52 Å². The van der Waals surface area contributed by atoms with Gasteiger partial charge in [0.25, 0.3) is 11.7 Å². The first-order valence-corrected chi connectivity index (χ1v) is 11.7. The van der Waals surface area contributed by atoms with Gasteiger partial charge in [0.1, 0.15) is 25.4 Å². The van der Waals surface area contributed by atoms with Gasteiger partial charge in [-0.1, -0.05) is 0 Å². The molecule has 0 aliphatic carbocycles. The summed E-state index contributed by atoms with van der Waals surface area (Å²) in [6.07, 6.45) is 1.52. The van der Waals surface area contributed by atoms with Gasteiger partial charge in [0.2, 0.25) is 0 Å². The van der Waals surface area contributed by atoms with Gasteiger partial charge in [0, 0.05) is 42.8 Å². The zero-order valence-corrected chi connectivity index (χ0v) is 18.9. The fraction of sp³-hybridized carbons (Fsp3) is 0.304. The molecule has 0 spiro atoms. The van der Waals surface area contributed by atoms with Crippen molar-refractivity contribution in [2.24, 2.45) is 0 Å². The molecule has 2 aliphatic rings. The zero-order valence-electron chi connectivity index (χ0n) is 18.1. The quantitative estimate of drug-likeness (QED) is 0.463. The highest BCUT2D eigenvalue weighted by atomic mass is 32.1. The molecule has 1 fully saturated rings. The minimum Gasteiger partial charge on any atom is -0.486 e. The number of ether oxygens (including phenoxy) is 2. The van der Waals surface area contributed by atoms with Crippen LogP contribution in [-0.4, -0.2) is 69.8 Å². The number of piperazine rings is 1. The van der Waals surface area contributed by atoms with Crippen LogP contribution < -0.4 is 14.4 Å². The van der Waals surface area contributed by atoms with Gasteiger partial charge in [-0.25, -0.2) is 4.98 Å². The molecule has 3 aromatic heterocycles. The van der Waals surface area contributed by atoms with Gasteiger partial charge >= 0.3 is 0 Å². The van der Waals surface area contributed by atoms with Crippen molar-refractivity contribution in [1.82, 2.24) is 24.5 Å². The summed E-state index contributed by atoms with van der Waals surface area (Å²) in [7, 11) is 0. The van der Waals surface area contributed by atoms with E-state index in [9.17, 15) is 4.79 Å². The average molecular weight is 463 g/mol. The second kappa shape index (κ2) is 8.04. The maximum Gasteiger partial charge on any atom is 0.264 e. The van der Waals surface area contributed by atoms with Gasteiger partial charge in [0.15, 0.2) is 11.5 Å². The van der Waals surface area contributed by atoms with Gasteiger partial charge in [-0.3, -0.25) is 4.79 Å². The molecule has 6 rings (SSSR count). The van der Waals surface area contributed by atoms with E-state index in [2.05, 4.69) is 20.0 Å². The number of carbonyl (C=O) groups excluding carboxylic acids is 1. The molecule has 0 unspecified atom stereocenters. The Morgan fingerprint density at radius 2 is 1.82 bits per heavy atom. The summed E-state index contributed by atoms with van der Waals surface area (Å²) in [5.74, 6) is 3.14. The van der Waals surface area contributed by atoms with Crippen LogP contribution in [0.25, 0.3) is 16.2 Å². The van der Waals surface area contributed by atoms with Gasteiger partial charge in [0.05, 0.1) is 4.88 Å². The molecule has 0 atom stereocenters. The number of thiophene rings is 1. The first-order chi connectivity index (χ1) is 16.2. The fourth-order valence-electron chi connectivity index (χ4n) is 4.24. The maximum absolute atomic E-state index is 13.2. The Labute approximate surface area is 194 Å².